The average Bonchev–Trinajstić information content (AvgIpc) is 3.03. The first-order valence-corrected chi connectivity index (χ1v) is 16.8. The lowest BCUT2D eigenvalue weighted by atomic mass is 9.97. The van der Waals surface area contributed by atoms with Crippen LogP contribution in [0.1, 0.15) is 97.3 Å². The van der Waals surface area contributed by atoms with E-state index in [1.807, 2.05) is 0 Å². The number of hydrogen-bond donors (Lipinski definition) is 9. The summed E-state index contributed by atoms with van der Waals surface area (Å²) in [6.07, 6.45) is -4.82. The van der Waals surface area contributed by atoms with E-state index in [0.717, 1.165) is 70.6 Å². The third kappa shape index (κ3) is 12.8. The van der Waals surface area contributed by atoms with E-state index in [9.17, 15) is 45.6 Å². The van der Waals surface area contributed by atoms with Gasteiger partial charge in [0, 0.05) is 6.42 Å². The molecule has 2 rings (SSSR count). The van der Waals surface area contributed by atoms with Crippen molar-refractivity contribution < 1.29 is 64.6 Å². The summed E-state index contributed by atoms with van der Waals surface area (Å²) in [5.41, 5.74) is 0. The van der Waals surface area contributed by atoms with Crippen molar-refractivity contribution in [3.63, 3.8) is 0 Å². The summed E-state index contributed by atoms with van der Waals surface area (Å²) in [7, 11) is 0. The van der Waals surface area contributed by atoms with Crippen LogP contribution < -0.4 is 5.32 Å². The van der Waals surface area contributed by atoms with Crippen molar-refractivity contribution in [1.29, 1.82) is 0 Å². The molecule has 266 valence electrons. The van der Waals surface area contributed by atoms with Gasteiger partial charge in [0.25, 0.3) is 0 Å². The first-order valence-electron chi connectivity index (χ1n) is 16.8. The predicted molar refractivity (Wildman–Crippen MR) is 162 cm³/mol. The fourth-order valence-corrected chi connectivity index (χ4v) is 5.64. The van der Waals surface area contributed by atoms with Crippen molar-refractivity contribution in [2.24, 2.45) is 0 Å². The molecule has 2 fully saturated rings. The van der Waals surface area contributed by atoms with Crippen LogP contribution in [0, 0.1) is 0 Å². The van der Waals surface area contributed by atoms with Gasteiger partial charge in [-0.15, -0.1) is 0 Å². The van der Waals surface area contributed by atoms with Crippen LogP contribution in [-0.2, 0) is 23.7 Å². The second kappa shape index (κ2) is 21.8. The Morgan fingerprint density at radius 3 is 1.89 bits per heavy atom. The molecule has 0 spiro atoms. The Morgan fingerprint density at radius 1 is 0.711 bits per heavy atom. The van der Waals surface area contributed by atoms with Gasteiger partial charge in [0.15, 0.2) is 12.6 Å². The third-order valence-electron chi connectivity index (χ3n) is 8.57. The Morgan fingerprint density at radius 2 is 1.27 bits per heavy atom. The average molecular weight is 654 g/mol. The number of amides is 1. The summed E-state index contributed by atoms with van der Waals surface area (Å²) in [4.78, 5) is 12.7. The molecule has 1 amide bonds. The molecule has 0 saturated carbocycles. The van der Waals surface area contributed by atoms with Gasteiger partial charge in [-0.05, 0) is 12.8 Å². The molecule has 12 unspecified atom stereocenters. The maximum atomic E-state index is 12.7. The lowest BCUT2D eigenvalue weighted by Crippen LogP contribution is -2.65. The first-order chi connectivity index (χ1) is 21.6. The van der Waals surface area contributed by atoms with E-state index < -0.39 is 86.8 Å². The summed E-state index contributed by atoms with van der Waals surface area (Å²) in [6, 6.07) is -0.813. The molecule has 0 aromatic heterocycles. The van der Waals surface area contributed by atoms with Gasteiger partial charge in [-0.2, -0.15) is 0 Å². The molecular weight excluding hydrogens is 594 g/mol. The van der Waals surface area contributed by atoms with Crippen molar-refractivity contribution in [2.75, 3.05) is 19.8 Å². The molecule has 2 aliphatic rings. The SMILES string of the molecule is CCCCCCCCC(=O)NC(COC1OC(CO)C(OC2OC(CO)C(O)C(O)C2O)C(O)C1O)C(O)CCCCCCC. The fourth-order valence-electron chi connectivity index (χ4n) is 5.64. The molecule has 0 bridgehead atoms. The number of unbranched alkanes of at least 4 members (excludes halogenated alkanes) is 9. The third-order valence-corrected chi connectivity index (χ3v) is 8.57. The number of hydrogen-bond acceptors (Lipinski definition) is 13. The number of nitrogens with one attached hydrogen (secondary N) is 1. The molecule has 14 heteroatoms. The standard InChI is InChI=1S/C31H59NO13/c1-3-5-7-9-11-13-15-23(36)32-19(20(35)14-12-10-8-6-4-2)18-42-30-28(41)26(39)29(22(17-34)44-30)45-31-27(40)25(38)24(37)21(16-33)43-31/h19-22,24-31,33-35,37-41H,3-18H2,1-2H3,(H,32,36). The summed E-state index contributed by atoms with van der Waals surface area (Å²) >= 11 is 0. The zero-order valence-corrected chi connectivity index (χ0v) is 26.9. The second-order valence-electron chi connectivity index (χ2n) is 12.3. The highest BCUT2D eigenvalue weighted by Gasteiger charge is 2.50. The Kier molecular flexibility index (Phi) is 19.4. The molecule has 0 aromatic rings. The van der Waals surface area contributed by atoms with E-state index in [0.29, 0.717) is 12.8 Å². The summed E-state index contributed by atoms with van der Waals surface area (Å²) in [6.45, 7) is 2.61. The number of aliphatic hydroxyl groups is 8. The van der Waals surface area contributed by atoms with Crippen LogP contribution in [0.4, 0.5) is 0 Å². The quantitative estimate of drug-likeness (QED) is 0.0678. The molecule has 2 saturated heterocycles. The van der Waals surface area contributed by atoms with Gasteiger partial charge in [-0.1, -0.05) is 78.1 Å². The highest BCUT2D eigenvalue weighted by molar-refractivity contribution is 5.76. The van der Waals surface area contributed by atoms with Gasteiger partial charge < -0.3 is 65.1 Å². The van der Waals surface area contributed by atoms with E-state index in [1.165, 1.54) is 0 Å². The van der Waals surface area contributed by atoms with Crippen molar-refractivity contribution in [3.05, 3.63) is 0 Å². The molecule has 0 aliphatic carbocycles. The molecule has 2 aliphatic heterocycles. The Hall–Kier alpha value is -1.01. The molecular formula is C31H59NO13. The highest BCUT2D eigenvalue weighted by Crippen LogP contribution is 2.29. The van der Waals surface area contributed by atoms with Crippen molar-refractivity contribution in [2.45, 2.75) is 171 Å². The minimum Gasteiger partial charge on any atom is -0.394 e. The molecule has 14 nitrogen and oxygen atoms in total. The van der Waals surface area contributed by atoms with Crippen LogP contribution in [0.5, 0.6) is 0 Å². The first kappa shape index (κ1) is 40.2. The van der Waals surface area contributed by atoms with Crippen LogP contribution in [0.25, 0.3) is 0 Å². The Balaban J connectivity index is 2.01. The summed E-state index contributed by atoms with van der Waals surface area (Å²) < 4.78 is 22.4. The number of ether oxygens (including phenoxy) is 4. The zero-order chi connectivity index (χ0) is 33.4. The van der Waals surface area contributed by atoms with Crippen LogP contribution >= 0.6 is 0 Å². The van der Waals surface area contributed by atoms with Gasteiger partial charge in [0.05, 0.1) is 32.0 Å². The van der Waals surface area contributed by atoms with Crippen LogP contribution in [0.15, 0.2) is 0 Å². The fraction of sp³-hybridized carbons (Fsp3) is 0.968. The van der Waals surface area contributed by atoms with Crippen LogP contribution in [0.2, 0.25) is 0 Å². The van der Waals surface area contributed by atoms with Gasteiger partial charge in [0.1, 0.15) is 48.8 Å². The number of aliphatic hydroxyl groups excluding tert-OH is 8. The second-order valence-corrected chi connectivity index (χ2v) is 12.3. The molecule has 0 radical (unpaired) electrons. The van der Waals surface area contributed by atoms with Gasteiger partial charge in [0.2, 0.25) is 5.91 Å². The predicted octanol–water partition coefficient (Wildman–Crippen LogP) is -0.416. The lowest BCUT2D eigenvalue weighted by molar-refractivity contribution is -0.359. The minimum absolute atomic E-state index is 0.226. The molecule has 9 N–H and O–H groups in total. The Labute approximate surface area is 266 Å². The van der Waals surface area contributed by atoms with E-state index in [4.69, 9.17) is 18.9 Å². The van der Waals surface area contributed by atoms with E-state index >= 15 is 0 Å². The number of carbonyl (C=O) groups is 1. The van der Waals surface area contributed by atoms with Gasteiger partial charge >= 0.3 is 0 Å². The number of rotatable bonds is 22. The maximum absolute atomic E-state index is 12.7. The minimum atomic E-state index is -1.77. The molecule has 2 heterocycles. The summed E-state index contributed by atoms with van der Waals surface area (Å²) in [5, 5.41) is 85.3. The summed E-state index contributed by atoms with van der Waals surface area (Å²) in [5.74, 6) is -0.226. The normalized spacial score (nSPS) is 33.6. The van der Waals surface area contributed by atoms with Crippen LogP contribution in [-0.4, -0.2) is 140 Å². The molecule has 45 heavy (non-hydrogen) atoms. The van der Waals surface area contributed by atoms with Crippen molar-refractivity contribution in [1.82, 2.24) is 5.32 Å². The van der Waals surface area contributed by atoms with Crippen molar-refractivity contribution >= 4 is 5.91 Å². The molecule has 12 atom stereocenters. The highest BCUT2D eigenvalue weighted by atomic mass is 16.7. The smallest absolute Gasteiger partial charge is 0.220 e. The number of carbonyl (C=O) groups excluding carboxylic acids is 1. The van der Waals surface area contributed by atoms with Crippen molar-refractivity contribution in [3.8, 4) is 0 Å². The molecule has 0 aromatic carbocycles. The van der Waals surface area contributed by atoms with E-state index in [2.05, 4.69) is 19.2 Å². The largest absolute Gasteiger partial charge is 0.394 e. The van der Waals surface area contributed by atoms with Gasteiger partial charge in [-0.25, -0.2) is 0 Å². The monoisotopic (exact) mass is 653 g/mol. The van der Waals surface area contributed by atoms with E-state index in [1.54, 1.807) is 0 Å². The topological polar surface area (TPSA) is 228 Å². The van der Waals surface area contributed by atoms with E-state index in [-0.39, 0.29) is 12.5 Å². The lowest BCUT2D eigenvalue weighted by Gasteiger charge is -2.46. The zero-order valence-electron chi connectivity index (χ0n) is 26.9. The Bertz CT molecular complexity index is 791. The van der Waals surface area contributed by atoms with Crippen LogP contribution in [0.3, 0.4) is 0 Å². The van der Waals surface area contributed by atoms with Gasteiger partial charge in [-0.3, -0.25) is 4.79 Å². The maximum Gasteiger partial charge on any atom is 0.220 e.